The smallest absolute Gasteiger partial charge is 0.178 e. The Labute approximate surface area is 147 Å². The maximum absolute atomic E-state index is 13.3. The third kappa shape index (κ3) is 2.31. The molecule has 1 aliphatic carbocycles. The van der Waals surface area contributed by atoms with Gasteiger partial charge in [0.2, 0.25) is 0 Å². The van der Waals surface area contributed by atoms with E-state index in [2.05, 4.69) is 30.3 Å². The van der Waals surface area contributed by atoms with Gasteiger partial charge in [-0.1, -0.05) is 48.5 Å². The summed E-state index contributed by atoms with van der Waals surface area (Å²) in [4.78, 5) is 13.3. The number of hydrogen-bond donors (Lipinski definition) is 0. The van der Waals surface area contributed by atoms with Crippen molar-refractivity contribution >= 4 is 16.6 Å². The maximum Gasteiger partial charge on any atom is 0.178 e. The molecule has 0 saturated heterocycles. The fourth-order valence-electron chi connectivity index (χ4n) is 3.99. The minimum atomic E-state index is -0.782. The molecule has 0 bridgehead atoms. The van der Waals surface area contributed by atoms with Crippen LogP contribution in [0.2, 0.25) is 0 Å². The highest BCUT2D eigenvalue weighted by molar-refractivity contribution is 6.21. The molecule has 1 aliphatic rings. The number of rotatable bonds is 5. The molecule has 0 N–H and O–H groups in total. The van der Waals surface area contributed by atoms with Crippen LogP contribution in [0.15, 0.2) is 60.7 Å². The van der Waals surface area contributed by atoms with Gasteiger partial charge in [0.15, 0.2) is 5.78 Å². The molecule has 0 radical (unpaired) electrons. The summed E-state index contributed by atoms with van der Waals surface area (Å²) < 4.78 is 10.9. The molecule has 25 heavy (non-hydrogen) atoms. The van der Waals surface area contributed by atoms with E-state index in [-0.39, 0.29) is 5.78 Å². The highest BCUT2D eigenvalue weighted by atomic mass is 16.5. The molecule has 0 fully saturated rings. The number of hydrogen-bond acceptors (Lipinski definition) is 3. The molecule has 0 aromatic heterocycles. The van der Waals surface area contributed by atoms with Crippen molar-refractivity contribution in [3.63, 3.8) is 0 Å². The van der Waals surface area contributed by atoms with Gasteiger partial charge in [0.1, 0.15) is 5.41 Å². The number of carbonyl (C=O) groups is 1. The van der Waals surface area contributed by atoms with Gasteiger partial charge in [0.05, 0.1) is 13.2 Å². The first-order valence-electron chi connectivity index (χ1n) is 8.36. The van der Waals surface area contributed by atoms with Crippen LogP contribution in [0.4, 0.5) is 0 Å². The normalized spacial score (nSPS) is 15.0. The number of methoxy groups -OCH3 is 2. The van der Waals surface area contributed by atoms with Gasteiger partial charge in [-0.25, -0.2) is 0 Å². The lowest BCUT2D eigenvalue weighted by Crippen LogP contribution is -2.41. The van der Waals surface area contributed by atoms with Gasteiger partial charge in [-0.05, 0) is 39.6 Å². The van der Waals surface area contributed by atoms with Crippen LogP contribution in [0.25, 0.3) is 21.9 Å². The Hall–Kier alpha value is -2.49. The fraction of sp³-hybridized carbons (Fsp3) is 0.227. The first-order valence-corrected chi connectivity index (χ1v) is 8.36. The van der Waals surface area contributed by atoms with E-state index in [9.17, 15) is 4.79 Å². The lowest BCUT2D eigenvalue weighted by Gasteiger charge is -2.27. The summed E-state index contributed by atoms with van der Waals surface area (Å²) in [5.74, 6) is 0.0852. The Kier molecular flexibility index (Phi) is 3.91. The molecule has 0 saturated carbocycles. The fourth-order valence-corrected chi connectivity index (χ4v) is 3.99. The van der Waals surface area contributed by atoms with Crippen molar-refractivity contribution in [2.24, 2.45) is 0 Å². The van der Waals surface area contributed by atoms with Crippen LogP contribution in [0.3, 0.4) is 0 Å². The molecule has 126 valence electrons. The standard InChI is InChI=1S/C22H20O3/c1-24-13-22(14-25-2)19-12-17(15-7-4-3-5-8-15)11-16-9-6-10-18(20(16)19)21(22)23/h3-12H,13-14H2,1-2H3. The average molecular weight is 332 g/mol. The van der Waals surface area contributed by atoms with Crippen molar-refractivity contribution in [1.29, 1.82) is 0 Å². The van der Waals surface area contributed by atoms with Gasteiger partial charge in [0, 0.05) is 19.8 Å². The lowest BCUT2D eigenvalue weighted by molar-refractivity contribution is 0.0482. The summed E-state index contributed by atoms with van der Waals surface area (Å²) in [6.07, 6.45) is 0. The van der Waals surface area contributed by atoms with Crippen LogP contribution < -0.4 is 0 Å². The molecule has 3 aromatic rings. The molecular formula is C22H20O3. The van der Waals surface area contributed by atoms with Gasteiger partial charge in [0.25, 0.3) is 0 Å². The average Bonchev–Trinajstić information content (AvgIpc) is 2.88. The highest BCUT2D eigenvalue weighted by Crippen LogP contribution is 2.45. The summed E-state index contributed by atoms with van der Waals surface area (Å²) >= 11 is 0. The number of ketones is 1. The van der Waals surface area contributed by atoms with E-state index < -0.39 is 5.41 Å². The summed E-state index contributed by atoms with van der Waals surface area (Å²) in [7, 11) is 3.26. The Morgan fingerprint density at radius 1 is 0.840 bits per heavy atom. The molecule has 0 atom stereocenters. The third-order valence-electron chi connectivity index (χ3n) is 5.06. The zero-order valence-electron chi connectivity index (χ0n) is 14.4. The van der Waals surface area contributed by atoms with Crippen molar-refractivity contribution in [1.82, 2.24) is 0 Å². The molecule has 0 amide bonds. The van der Waals surface area contributed by atoms with Gasteiger partial charge in [-0.15, -0.1) is 0 Å². The van der Waals surface area contributed by atoms with Gasteiger partial charge >= 0.3 is 0 Å². The lowest BCUT2D eigenvalue weighted by atomic mass is 9.80. The molecule has 4 rings (SSSR count). The zero-order valence-corrected chi connectivity index (χ0v) is 14.4. The van der Waals surface area contributed by atoms with Crippen LogP contribution in [0.1, 0.15) is 15.9 Å². The van der Waals surface area contributed by atoms with Gasteiger partial charge < -0.3 is 9.47 Å². The molecule has 0 aliphatic heterocycles. The first kappa shape index (κ1) is 16.0. The third-order valence-corrected chi connectivity index (χ3v) is 5.06. The number of benzene rings is 3. The Morgan fingerprint density at radius 3 is 2.24 bits per heavy atom. The van der Waals surface area contributed by atoms with Crippen molar-refractivity contribution < 1.29 is 14.3 Å². The quantitative estimate of drug-likeness (QED) is 0.701. The largest absolute Gasteiger partial charge is 0.383 e. The van der Waals surface area contributed by atoms with Crippen LogP contribution in [0, 0.1) is 0 Å². The molecule has 3 heteroatoms. The molecule has 0 unspecified atom stereocenters. The van der Waals surface area contributed by atoms with E-state index in [4.69, 9.17) is 9.47 Å². The van der Waals surface area contributed by atoms with Gasteiger partial charge in [-0.3, -0.25) is 4.79 Å². The van der Waals surface area contributed by atoms with Crippen molar-refractivity contribution in [2.75, 3.05) is 27.4 Å². The predicted molar refractivity (Wildman–Crippen MR) is 99.1 cm³/mol. The van der Waals surface area contributed by atoms with E-state index in [0.717, 1.165) is 33.0 Å². The number of carbonyl (C=O) groups excluding carboxylic acids is 1. The second-order valence-corrected chi connectivity index (χ2v) is 6.57. The first-order chi connectivity index (χ1) is 12.2. The van der Waals surface area contributed by atoms with Crippen molar-refractivity contribution in [3.8, 4) is 11.1 Å². The van der Waals surface area contributed by atoms with Crippen molar-refractivity contribution in [3.05, 3.63) is 71.8 Å². The minimum Gasteiger partial charge on any atom is -0.383 e. The summed E-state index contributed by atoms with van der Waals surface area (Å²) in [5, 5.41) is 2.11. The summed E-state index contributed by atoms with van der Waals surface area (Å²) in [6.45, 7) is 0.614. The molecule has 0 heterocycles. The summed E-state index contributed by atoms with van der Waals surface area (Å²) in [5.41, 5.74) is 3.23. The van der Waals surface area contributed by atoms with Crippen molar-refractivity contribution in [2.45, 2.75) is 5.41 Å². The Balaban J connectivity index is 2.03. The Morgan fingerprint density at radius 2 is 1.56 bits per heavy atom. The zero-order chi connectivity index (χ0) is 17.4. The van der Waals surface area contributed by atoms with E-state index in [1.807, 2.05) is 30.3 Å². The molecule has 3 aromatic carbocycles. The van der Waals surface area contributed by atoms with E-state index in [0.29, 0.717) is 13.2 Å². The second-order valence-electron chi connectivity index (χ2n) is 6.57. The second kappa shape index (κ2) is 6.10. The molecular weight excluding hydrogens is 312 g/mol. The van der Waals surface area contributed by atoms with Crippen LogP contribution in [-0.2, 0) is 14.9 Å². The van der Waals surface area contributed by atoms with Crippen LogP contribution in [0.5, 0.6) is 0 Å². The SMILES string of the molecule is COCC1(COC)C(=O)c2cccc3cc(-c4ccccc4)cc1c23. The minimum absolute atomic E-state index is 0.0852. The van der Waals surface area contributed by atoms with Gasteiger partial charge in [-0.2, -0.15) is 0 Å². The highest BCUT2D eigenvalue weighted by Gasteiger charge is 2.48. The van der Waals surface area contributed by atoms with E-state index in [1.54, 1.807) is 14.2 Å². The number of ether oxygens (including phenoxy) is 2. The maximum atomic E-state index is 13.3. The molecule has 0 spiro atoms. The van der Waals surface area contributed by atoms with E-state index >= 15 is 0 Å². The van der Waals surface area contributed by atoms with Crippen LogP contribution >= 0.6 is 0 Å². The molecule has 3 nitrogen and oxygen atoms in total. The summed E-state index contributed by atoms with van der Waals surface area (Å²) in [6, 6.07) is 20.4. The topological polar surface area (TPSA) is 35.5 Å². The Bertz CT molecular complexity index is 938. The van der Waals surface area contributed by atoms with E-state index in [1.165, 1.54) is 0 Å². The monoisotopic (exact) mass is 332 g/mol. The predicted octanol–water partition coefficient (Wildman–Crippen LogP) is 4.23. The van der Waals surface area contributed by atoms with Crippen LogP contribution in [-0.4, -0.2) is 33.2 Å². The number of Topliss-reactive ketones (excluding diaryl/α,β-unsaturated/α-hetero) is 1.